The molecule has 1 fully saturated rings. The largest absolute Gasteiger partial charge is 0.495 e. The summed E-state index contributed by atoms with van der Waals surface area (Å²) in [5, 5.41) is 12.4. The van der Waals surface area contributed by atoms with E-state index in [0.29, 0.717) is 16.5 Å². The Hall–Kier alpha value is -0.910. The van der Waals surface area contributed by atoms with Crippen LogP contribution in [0.25, 0.3) is 0 Å². The molecule has 1 unspecified atom stereocenters. The third kappa shape index (κ3) is 2.68. The average molecular weight is 274 g/mol. The van der Waals surface area contributed by atoms with Crippen LogP contribution in [0.3, 0.4) is 0 Å². The Morgan fingerprint density at radius 1 is 1.65 bits per heavy atom. The topological polar surface area (TPSA) is 58.6 Å². The maximum atomic E-state index is 10.8. The highest BCUT2D eigenvalue weighted by Gasteiger charge is 2.30. The second-order valence-corrected chi connectivity index (χ2v) is 5.21. The van der Waals surface area contributed by atoms with Crippen LogP contribution in [0.15, 0.2) is 18.2 Å². The van der Waals surface area contributed by atoms with Gasteiger partial charge in [-0.1, -0.05) is 17.7 Å². The summed E-state index contributed by atoms with van der Waals surface area (Å²) < 4.78 is 5.07. The molecule has 1 aliphatic heterocycles. The molecular weight excluding hydrogens is 262 g/mol. The van der Waals surface area contributed by atoms with Crippen molar-refractivity contribution >= 4 is 29.3 Å². The maximum absolute atomic E-state index is 10.8. The molecule has 0 spiro atoms. The molecular formula is C11H12ClNO3S. The minimum atomic E-state index is -0.820. The summed E-state index contributed by atoms with van der Waals surface area (Å²) in [6.45, 7) is 0. The molecule has 6 heteroatoms. The Kier molecular flexibility index (Phi) is 3.81. The highest BCUT2D eigenvalue weighted by molar-refractivity contribution is 7.99. The van der Waals surface area contributed by atoms with E-state index in [1.54, 1.807) is 31.0 Å². The number of nitrogens with one attached hydrogen (secondary N) is 1. The van der Waals surface area contributed by atoms with E-state index in [9.17, 15) is 4.79 Å². The van der Waals surface area contributed by atoms with Gasteiger partial charge >= 0.3 is 5.97 Å². The van der Waals surface area contributed by atoms with Gasteiger partial charge in [-0.25, -0.2) is 0 Å². The van der Waals surface area contributed by atoms with E-state index >= 15 is 0 Å². The third-order valence-corrected chi connectivity index (χ3v) is 4.12. The minimum absolute atomic E-state index is 0.0282. The first kappa shape index (κ1) is 12.5. The van der Waals surface area contributed by atoms with Crippen molar-refractivity contribution in [3.8, 4) is 5.75 Å². The van der Waals surface area contributed by atoms with Gasteiger partial charge in [0.25, 0.3) is 0 Å². The van der Waals surface area contributed by atoms with Crippen LogP contribution < -0.4 is 10.1 Å². The first-order valence-corrected chi connectivity index (χ1v) is 6.48. The summed E-state index contributed by atoms with van der Waals surface area (Å²) >= 11 is 7.59. The van der Waals surface area contributed by atoms with Gasteiger partial charge in [0.15, 0.2) is 0 Å². The number of carboxylic acids is 1. The van der Waals surface area contributed by atoms with E-state index in [1.807, 2.05) is 6.07 Å². The van der Waals surface area contributed by atoms with Crippen LogP contribution in [0.2, 0.25) is 5.02 Å². The predicted octanol–water partition coefficient (Wildman–Crippen LogP) is 2.14. The monoisotopic (exact) mass is 273 g/mol. The van der Waals surface area contributed by atoms with Crippen LogP contribution in [-0.2, 0) is 4.79 Å². The molecule has 1 aromatic carbocycles. The van der Waals surface area contributed by atoms with E-state index in [2.05, 4.69) is 5.32 Å². The Balaban J connectivity index is 2.14. The summed E-state index contributed by atoms with van der Waals surface area (Å²) in [4.78, 5) is 10.8. The van der Waals surface area contributed by atoms with Gasteiger partial charge in [-0.3, -0.25) is 10.1 Å². The number of ether oxygens (including phenoxy) is 1. The number of rotatable bonds is 3. The molecule has 0 radical (unpaired) electrons. The summed E-state index contributed by atoms with van der Waals surface area (Å²) in [7, 11) is 1.56. The molecule has 92 valence electrons. The van der Waals surface area contributed by atoms with Gasteiger partial charge in [-0.15, -0.1) is 11.8 Å². The lowest BCUT2D eigenvalue weighted by Gasteiger charge is -2.12. The van der Waals surface area contributed by atoms with E-state index in [-0.39, 0.29) is 5.37 Å². The SMILES string of the molecule is COc1ccc(C2N[C@@H](C(=O)O)CS2)cc1Cl. The highest BCUT2D eigenvalue weighted by atomic mass is 35.5. The molecule has 0 aliphatic carbocycles. The fraction of sp³-hybridized carbons (Fsp3) is 0.364. The molecule has 2 atom stereocenters. The van der Waals surface area contributed by atoms with Gasteiger partial charge in [0, 0.05) is 5.75 Å². The maximum Gasteiger partial charge on any atom is 0.321 e. The lowest BCUT2D eigenvalue weighted by Crippen LogP contribution is -2.33. The number of carboxylic acid groups (broad SMARTS) is 1. The third-order valence-electron chi connectivity index (χ3n) is 2.56. The molecule has 0 saturated carbocycles. The zero-order chi connectivity index (χ0) is 12.4. The molecule has 1 aromatic rings. The standard InChI is InChI=1S/C11H12ClNO3S/c1-16-9-3-2-6(4-7(9)12)10-13-8(5-17-10)11(14)15/h2-4,8,10,13H,5H2,1H3,(H,14,15)/t8-,10?/m1/s1. The quantitative estimate of drug-likeness (QED) is 0.884. The van der Waals surface area contributed by atoms with Gasteiger partial charge in [-0.2, -0.15) is 0 Å². The summed E-state index contributed by atoms with van der Waals surface area (Å²) in [6, 6.07) is 4.98. The fourth-order valence-corrected chi connectivity index (χ4v) is 3.14. The molecule has 2 rings (SSSR count). The van der Waals surface area contributed by atoms with Crippen LogP contribution >= 0.6 is 23.4 Å². The van der Waals surface area contributed by atoms with Gasteiger partial charge in [0.1, 0.15) is 11.8 Å². The predicted molar refractivity (Wildman–Crippen MR) is 67.8 cm³/mol. The minimum Gasteiger partial charge on any atom is -0.495 e. The van der Waals surface area contributed by atoms with Crippen molar-refractivity contribution in [1.29, 1.82) is 0 Å². The Morgan fingerprint density at radius 3 is 2.94 bits per heavy atom. The van der Waals surface area contributed by atoms with Crippen molar-refractivity contribution < 1.29 is 14.6 Å². The van der Waals surface area contributed by atoms with Crippen molar-refractivity contribution in [2.45, 2.75) is 11.4 Å². The second kappa shape index (κ2) is 5.16. The number of methoxy groups -OCH3 is 1. The smallest absolute Gasteiger partial charge is 0.321 e. The van der Waals surface area contributed by atoms with E-state index < -0.39 is 12.0 Å². The fourth-order valence-electron chi connectivity index (χ4n) is 1.65. The van der Waals surface area contributed by atoms with Gasteiger partial charge in [0.05, 0.1) is 17.5 Å². The Bertz CT molecular complexity index is 441. The lowest BCUT2D eigenvalue weighted by atomic mass is 10.2. The van der Waals surface area contributed by atoms with Crippen LogP contribution in [0, 0.1) is 0 Å². The van der Waals surface area contributed by atoms with Crippen LogP contribution in [0.1, 0.15) is 10.9 Å². The second-order valence-electron chi connectivity index (χ2n) is 3.66. The Labute approximate surface area is 108 Å². The number of benzene rings is 1. The zero-order valence-electron chi connectivity index (χ0n) is 9.14. The number of thioether (sulfide) groups is 1. The molecule has 1 heterocycles. The van der Waals surface area contributed by atoms with Crippen molar-refractivity contribution in [1.82, 2.24) is 5.32 Å². The molecule has 0 aromatic heterocycles. The molecule has 0 bridgehead atoms. The molecule has 0 amide bonds. The molecule has 1 saturated heterocycles. The van der Waals surface area contributed by atoms with E-state index in [0.717, 1.165) is 5.56 Å². The molecule has 17 heavy (non-hydrogen) atoms. The van der Waals surface area contributed by atoms with Crippen molar-refractivity contribution in [2.75, 3.05) is 12.9 Å². The Morgan fingerprint density at radius 2 is 2.41 bits per heavy atom. The number of halogens is 1. The van der Waals surface area contributed by atoms with Crippen LogP contribution in [0.5, 0.6) is 5.75 Å². The van der Waals surface area contributed by atoms with Gasteiger partial charge in [-0.05, 0) is 17.7 Å². The number of hydrogen-bond acceptors (Lipinski definition) is 4. The first-order valence-electron chi connectivity index (χ1n) is 5.05. The average Bonchev–Trinajstić information content (AvgIpc) is 2.78. The normalized spacial score (nSPS) is 23.6. The van der Waals surface area contributed by atoms with Crippen molar-refractivity contribution in [3.63, 3.8) is 0 Å². The zero-order valence-corrected chi connectivity index (χ0v) is 10.7. The van der Waals surface area contributed by atoms with Crippen molar-refractivity contribution in [3.05, 3.63) is 28.8 Å². The number of hydrogen-bond donors (Lipinski definition) is 2. The van der Waals surface area contributed by atoms with E-state index in [1.165, 1.54) is 0 Å². The van der Waals surface area contributed by atoms with Gasteiger partial charge < -0.3 is 9.84 Å². The van der Waals surface area contributed by atoms with Crippen LogP contribution in [-0.4, -0.2) is 30.0 Å². The lowest BCUT2D eigenvalue weighted by molar-refractivity contribution is -0.138. The van der Waals surface area contributed by atoms with E-state index in [4.69, 9.17) is 21.4 Å². The first-order chi connectivity index (χ1) is 8.11. The number of carbonyl (C=O) groups is 1. The molecule has 4 nitrogen and oxygen atoms in total. The number of aliphatic carboxylic acids is 1. The molecule has 2 N–H and O–H groups in total. The van der Waals surface area contributed by atoms with Crippen molar-refractivity contribution in [2.24, 2.45) is 0 Å². The van der Waals surface area contributed by atoms with Crippen LogP contribution in [0.4, 0.5) is 0 Å². The molecule has 1 aliphatic rings. The highest BCUT2D eigenvalue weighted by Crippen LogP contribution is 2.36. The summed E-state index contributed by atoms with van der Waals surface area (Å²) in [5.74, 6) is 0.358. The van der Waals surface area contributed by atoms with Gasteiger partial charge in [0.2, 0.25) is 0 Å². The summed E-state index contributed by atoms with van der Waals surface area (Å²) in [6.07, 6.45) is 0. The summed E-state index contributed by atoms with van der Waals surface area (Å²) in [5.41, 5.74) is 0.963.